The molecule has 1 heterocycles. The van der Waals surface area contributed by atoms with Crippen LogP contribution in [0, 0.1) is 5.41 Å². The number of Topliss-reactive ketones (excluding diaryl/α,β-unsaturated/α-hetero) is 1. The van der Waals surface area contributed by atoms with Crippen molar-refractivity contribution < 1.29 is 27.5 Å². The van der Waals surface area contributed by atoms with E-state index in [0.29, 0.717) is 16.3 Å². The van der Waals surface area contributed by atoms with Crippen LogP contribution in [0.25, 0.3) is 0 Å². The smallest absolute Gasteiger partial charge is 0.406 e. The lowest BCUT2D eigenvalue weighted by Crippen LogP contribution is -2.40. The van der Waals surface area contributed by atoms with Crippen LogP contribution in [0.1, 0.15) is 19.4 Å². The van der Waals surface area contributed by atoms with Crippen molar-refractivity contribution in [1.29, 1.82) is 0 Å². The van der Waals surface area contributed by atoms with Gasteiger partial charge in [-0.25, -0.2) is 9.80 Å². The first-order valence-electron chi connectivity index (χ1n) is 8.78. The number of carbonyl (C=O) groups excluding carboxylic acids is 2. The number of ether oxygens (including phenoxy) is 1. The van der Waals surface area contributed by atoms with Crippen LogP contribution in [0.3, 0.4) is 0 Å². The van der Waals surface area contributed by atoms with E-state index >= 15 is 0 Å². The van der Waals surface area contributed by atoms with Crippen LogP contribution >= 0.6 is 11.6 Å². The highest BCUT2D eigenvalue weighted by molar-refractivity contribution is 6.30. The van der Waals surface area contributed by atoms with Crippen LogP contribution in [0.4, 0.5) is 23.7 Å². The van der Waals surface area contributed by atoms with Gasteiger partial charge in [0.1, 0.15) is 11.5 Å². The topological polar surface area (TPSA) is 71.0 Å². The summed E-state index contributed by atoms with van der Waals surface area (Å²) in [4.78, 5) is 25.0. The van der Waals surface area contributed by atoms with E-state index in [-0.39, 0.29) is 18.0 Å². The Morgan fingerprint density at radius 1 is 1.13 bits per heavy atom. The first-order valence-corrected chi connectivity index (χ1v) is 9.16. The van der Waals surface area contributed by atoms with Gasteiger partial charge in [-0.05, 0) is 55.8 Å². The average Bonchev–Trinajstić information content (AvgIpc) is 3.02. The maximum Gasteiger partial charge on any atom is 0.573 e. The van der Waals surface area contributed by atoms with E-state index in [1.54, 1.807) is 31.2 Å². The molecule has 1 N–H and O–H groups in total. The number of benzene rings is 2. The van der Waals surface area contributed by atoms with E-state index in [1.807, 2.05) is 0 Å². The number of hydrogen-bond donors (Lipinski definition) is 1. The van der Waals surface area contributed by atoms with Gasteiger partial charge in [0, 0.05) is 10.7 Å². The number of hydrogen-bond acceptors (Lipinski definition) is 4. The maximum absolute atomic E-state index is 12.6. The van der Waals surface area contributed by atoms with Gasteiger partial charge in [0.25, 0.3) is 0 Å². The number of carbonyl (C=O) groups is 2. The van der Waals surface area contributed by atoms with E-state index in [2.05, 4.69) is 15.2 Å². The minimum absolute atomic E-state index is 0.0153. The summed E-state index contributed by atoms with van der Waals surface area (Å²) in [5.74, 6) is -0.575. The van der Waals surface area contributed by atoms with Crippen molar-refractivity contribution in [3.8, 4) is 5.75 Å². The summed E-state index contributed by atoms with van der Waals surface area (Å²) in [6, 6.07) is 10.8. The number of halogens is 4. The second-order valence-electron chi connectivity index (χ2n) is 6.90. The van der Waals surface area contributed by atoms with Gasteiger partial charge in [-0.2, -0.15) is 5.10 Å². The quantitative estimate of drug-likeness (QED) is 0.721. The van der Waals surface area contributed by atoms with E-state index in [0.717, 1.165) is 17.1 Å². The zero-order valence-corrected chi connectivity index (χ0v) is 16.7. The first kappa shape index (κ1) is 21.6. The number of anilines is 1. The van der Waals surface area contributed by atoms with Crippen LogP contribution in [0.15, 0.2) is 53.6 Å². The van der Waals surface area contributed by atoms with Gasteiger partial charge in [-0.15, -0.1) is 13.2 Å². The third-order valence-electron chi connectivity index (χ3n) is 4.68. The first-order chi connectivity index (χ1) is 14.0. The lowest BCUT2D eigenvalue weighted by Gasteiger charge is -2.23. The number of ketones is 1. The summed E-state index contributed by atoms with van der Waals surface area (Å²) in [5.41, 5.74) is 0.307. The van der Waals surface area contributed by atoms with Crippen LogP contribution < -0.4 is 10.1 Å². The molecule has 1 atom stereocenters. The summed E-state index contributed by atoms with van der Waals surface area (Å²) < 4.78 is 40.5. The fourth-order valence-corrected chi connectivity index (χ4v) is 3.07. The molecule has 0 aromatic heterocycles. The molecule has 0 saturated heterocycles. The van der Waals surface area contributed by atoms with Gasteiger partial charge in [0.15, 0.2) is 0 Å². The molecule has 10 heteroatoms. The Morgan fingerprint density at radius 3 is 2.27 bits per heavy atom. The Kier molecular flexibility index (Phi) is 5.76. The van der Waals surface area contributed by atoms with Gasteiger partial charge in [0.05, 0.1) is 17.7 Å². The maximum atomic E-state index is 12.6. The molecule has 158 valence electrons. The molecule has 0 aliphatic carbocycles. The Balaban J connectivity index is 1.79. The number of urea groups is 1. The van der Waals surface area contributed by atoms with Crippen molar-refractivity contribution in [2.45, 2.75) is 20.2 Å². The van der Waals surface area contributed by atoms with E-state index in [9.17, 15) is 22.8 Å². The molecule has 0 bridgehead atoms. The Labute approximate surface area is 175 Å². The molecular weight excluding hydrogens is 423 g/mol. The van der Waals surface area contributed by atoms with Crippen LogP contribution in [0.5, 0.6) is 5.75 Å². The number of rotatable bonds is 4. The number of nitrogens with one attached hydrogen (secondary N) is 1. The van der Waals surface area contributed by atoms with Crippen LogP contribution in [0.2, 0.25) is 5.02 Å². The molecule has 1 unspecified atom stereocenters. The summed E-state index contributed by atoms with van der Waals surface area (Å²) in [6.45, 7) is 3.13. The summed E-state index contributed by atoms with van der Waals surface area (Å²) >= 11 is 5.92. The molecule has 3 rings (SSSR count). The molecule has 0 fully saturated rings. The lowest BCUT2D eigenvalue weighted by atomic mass is 9.79. The van der Waals surface area contributed by atoms with Crippen molar-refractivity contribution in [2.24, 2.45) is 10.5 Å². The number of nitrogens with zero attached hydrogens (tertiary/aromatic N) is 2. The van der Waals surface area contributed by atoms with Crippen molar-refractivity contribution in [3.05, 3.63) is 59.1 Å². The van der Waals surface area contributed by atoms with E-state index in [1.165, 1.54) is 19.1 Å². The molecule has 0 spiro atoms. The summed E-state index contributed by atoms with van der Waals surface area (Å²) in [6.07, 6.45) is -4.80. The Morgan fingerprint density at radius 2 is 1.73 bits per heavy atom. The molecular formula is C20H17ClF3N3O3. The predicted octanol–water partition coefficient (Wildman–Crippen LogP) is 5.09. The fraction of sp³-hybridized carbons (Fsp3) is 0.250. The summed E-state index contributed by atoms with van der Waals surface area (Å²) in [5, 5.41) is 8.51. The minimum Gasteiger partial charge on any atom is -0.406 e. The predicted molar refractivity (Wildman–Crippen MR) is 106 cm³/mol. The monoisotopic (exact) mass is 439 g/mol. The Hall–Kier alpha value is -3.07. The van der Waals surface area contributed by atoms with Crippen molar-refractivity contribution in [1.82, 2.24) is 5.01 Å². The van der Waals surface area contributed by atoms with Crippen molar-refractivity contribution >= 4 is 34.8 Å². The average molecular weight is 440 g/mol. The van der Waals surface area contributed by atoms with Gasteiger partial charge >= 0.3 is 12.4 Å². The largest absolute Gasteiger partial charge is 0.573 e. The molecule has 30 heavy (non-hydrogen) atoms. The normalized spacial score (nSPS) is 18.7. The Bertz CT molecular complexity index is 991. The van der Waals surface area contributed by atoms with E-state index < -0.39 is 23.6 Å². The van der Waals surface area contributed by atoms with Crippen LogP contribution in [-0.2, 0) is 4.79 Å². The molecule has 2 aromatic rings. The highest BCUT2D eigenvalue weighted by Crippen LogP contribution is 2.33. The number of amides is 2. The molecule has 1 aliphatic rings. The third kappa shape index (κ3) is 4.73. The second-order valence-corrected chi connectivity index (χ2v) is 7.34. The standard InChI is InChI=1S/C20H17ClF3N3O3/c1-12(28)19(2)11-27(26-17(19)13-3-5-14(21)6-4-13)18(29)25-15-7-9-16(10-8-15)30-20(22,23)24/h3-10H,11H2,1-2H3,(H,25,29). The zero-order valence-electron chi connectivity index (χ0n) is 16.0. The highest BCUT2D eigenvalue weighted by atomic mass is 35.5. The number of alkyl halides is 3. The fourth-order valence-electron chi connectivity index (χ4n) is 2.95. The minimum atomic E-state index is -4.80. The number of hydrazone groups is 1. The van der Waals surface area contributed by atoms with Gasteiger partial charge < -0.3 is 10.1 Å². The van der Waals surface area contributed by atoms with Gasteiger partial charge in [0.2, 0.25) is 0 Å². The van der Waals surface area contributed by atoms with Crippen molar-refractivity contribution in [2.75, 3.05) is 11.9 Å². The molecule has 2 amide bonds. The third-order valence-corrected chi connectivity index (χ3v) is 4.93. The van der Waals surface area contributed by atoms with Gasteiger partial charge in [-0.3, -0.25) is 4.79 Å². The van der Waals surface area contributed by atoms with E-state index in [4.69, 9.17) is 11.6 Å². The molecule has 2 aromatic carbocycles. The molecule has 1 aliphatic heterocycles. The lowest BCUT2D eigenvalue weighted by molar-refractivity contribution is -0.274. The van der Waals surface area contributed by atoms with Crippen LogP contribution in [-0.4, -0.2) is 35.4 Å². The van der Waals surface area contributed by atoms with Crippen molar-refractivity contribution in [3.63, 3.8) is 0 Å². The zero-order chi connectivity index (χ0) is 22.1. The summed E-state index contributed by atoms with van der Waals surface area (Å²) in [7, 11) is 0. The molecule has 0 radical (unpaired) electrons. The molecule has 6 nitrogen and oxygen atoms in total. The van der Waals surface area contributed by atoms with Gasteiger partial charge in [-0.1, -0.05) is 23.7 Å². The SMILES string of the molecule is CC(=O)C1(C)CN(C(=O)Nc2ccc(OC(F)(F)F)cc2)N=C1c1ccc(Cl)cc1. The molecule has 0 saturated carbocycles. The second kappa shape index (κ2) is 7.98. The highest BCUT2D eigenvalue weighted by Gasteiger charge is 2.45.